The summed E-state index contributed by atoms with van der Waals surface area (Å²) in [4.78, 5) is 205. The molecule has 2 heterocycles. The van der Waals surface area contributed by atoms with E-state index in [9.17, 15) is 77.0 Å². The number of amides is 14. The van der Waals surface area contributed by atoms with Crippen LogP contribution < -0.4 is 91.6 Å². The highest BCUT2D eigenvalue weighted by atomic mass is 16.4. The van der Waals surface area contributed by atoms with Gasteiger partial charge in [0, 0.05) is 47.0 Å². The van der Waals surface area contributed by atoms with Gasteiger partial charge in [0.05, 0.1) is 6.04 Å². The lowest BCUT2D eigenvalue weighted by Crippen LogP contribution is -2.60. The first kappa shape index (κ1) is 83.9. The lowest BCUT2D eigenvalue weighted by atomic mass is 10.0. The van der Waals surface area contributed by atoms with Crippen LogP contribution >= 0.6 is 0 Å². The number of carbonyl (C=O) groups is 15. The molecule has 0 spiro atoms. The number of aromatic nitrogens is 2. The first-order chi connectivity index (χ1) is 48.1. The Labute approximate surface area is 590 Å². The number of para-hydroxylation sites is 2. The van der Waals surface area contributed by atoms with Crippen molar-refractivity contribution in [2.24, 2.45) is 17.2 Å². The van der Waals surface area contributed by atoms with Gasteiger partial charge in [-0.15, -0.1) is 0 Å². The maximum atomic E-state index is 14.2. The van der Waals surface area contributed by atoms with Crippen molar-refractivity contribution in [2.45, 2.75) is 218 Å². The second-order valence-corrected chi connectivity index (χ2v) is 25.4. The van der Waals surface area contributed by atoms with Gasteiger partial charge in [-0.2, -0.15) is 0 Å². The van der Waals surface area contributed by atoms with E-state index in [1.54, 1.807) is 60.9 Å². The van der Waals surface area contributed by atoms with Crippen LogP contribution in [0.1, 0.15) is 126 Å². The average molecular weight is 1430 g/mol. The molecular formula is C67H101N19O16. The molecule has 14 amide bonds. The number of nitrogens with two attached hydrogens (primary N) is 3. The SMILES string of the molecule is C[C@H](NC(=O)[C@H](C)NC(=O)[C@H](C)NC(=O)[C@H](Cc1c[nH]c2ccccc12)NC(=O)[C@H](C)NC(=O)[C@H](C)NC(=O)[C@H](Cc1c[nH]c2ccccc12)NC(=O)[C@H](C)NC(=O)[C@H](C)NC(=O)[C@H](C)NC(=O)[C@H](C)NC(=O)[C@@H](N)CCCCN)C(=O)N[C@@H](C)C(=O)N[C@@H](C)C(=O)N[C@@H](CCCCN)C(=O)O. The van der Waals surface area contributed by atoms with Crippen molar-refractivity contribution in [1.82, 2.24) is 84.4 Å². The van der Waals surface area contributed by atoms with Gasteiger partial charge in [0.25, 0.3) is 0 Å². The van der Waals surface area contributed by atoms with Crippen molar-refractivity contribution in [3.8, 4) is 0 Å². The molecule has 0 aliphatic carbocycles. The number of benzene rings is 2. The van der Waals surface area contributed by atoms with Gasteiger partial charge in [-0.3, -0.25) is 67.1 Å². The number of hydrogen-bond donors (Lipinski definition) is 20. The highest BCUT2D eigenvalue weighted by molar-refractivity contribution is 6.00. The molecule has 2 aromatic carbocycles. The molecule has 4 rings (SSSR count). The topological polar surface area (TPSA) is 554 Å². The summed E-state index contributed by atoms with van der Waals surface area (Å²) in [6.07, 6.45) is 5.76. The fourth-order valence-corrected chi connectivity index (χ4v) is 10.1. The minimum atomic E-state index is -1.40. The average Bonchev–Trinajstić information content (AvgIpc) is 1.67. The first-order valence-corrected chi connectivity index (χ1v) is 33.8. The largest absolute Gasteiger partial charge is 0.480 e. The maximum absolute atomic E-state index is 14.2. The van der Waals surface area contributed by atoms with E-state index in [4.69, 9.17) is 17.2 Å². The lowest BCUT2D eigenvalue weighted by molar-refractivity contribution is -0.142. The van der Waals surface area contributed by atoms with E-state index in [0.29, 0.717) is 78.1 Å². The van der Waals surface area contributed by atoms with Gasteiger partial charge in [-0.05, 0) is 145 Å². The second-order valence-electron chi connectivity index (χ2n) is 25.4. The van der Waals surface area contributed by atoms with E-state index in [-0.39, 0.29) is 19.3 Å². The van der Waals surface area contributed by atoms with Crippen LogP contribution in [0.4, 0.5) is 0 Å². The molecule has 23 N–H and O–H groups in total. The third kappa shape index (κ3) is 26.2. The smallest absolute Gasteiger partial charge is 0.326 e. The molecule has 0 saturated heterocycles. The number of hydrogen-bond acceptors (Lipinski definition) is 18. The molecule has 0 bridgehead atoms. The van der Waals surface area contributed by atoms with Crippen molar-refractivity contribution < 1.29 is 77.0 Å². The van der Waals surface area contributed by atoms with Gasteiger partial charge in [-0.25, -0.2) is 4.79 Å². The Morgan fingerprint density at radius 1 is 0.324 bits per heavy atom. The molecule has 0 unspecified atom stereocenters. The fourth-order valence-electron chi connectivity index (χ4n) is 10.1. The fraction of sp³-hybridized carbons (Fsp3) is 0.537. The number of fused-ring (bicyclic) bond motifs is 2. The molecule has 4 aromatic rings. The van der Waals surface area contributed by atoms with E-state index in [2.05, 4.69) is 84.4 Å². The van der Waals surface area contributed by atoms with E-state index < -0.39 is 179 Å². The van der Waals surface area contributed by atoms with Gasteiger partial charge >= 0.3 is 5.97 Å². The normalized spacial score (nSPS) is 15.6. The van der Waals surface area contributed by atoms with Gasteiger partial charge in [0.1, 0.15) is 84.6 Å². The van der Waals surface area contributed by atoms with Crippen LogP contribution in [0.5, 0.6) is 0 Å². The molecular weight excluding hydrogens is 1330 g/mol. The summed E-state index contributed by atoms with van der Waals surface area (Å²) in [6.45, 7) is 15.4. The molecule has 0 aliphatic rings. The monoisotopic (exact) mass is 1430 g/mol. The molecule has 560 valence electrons. The standard InChI is InChI=1S/C67H101N19O16/c1-32(53(87)74-35(4)56(90)78-40(9)61(95)84-50(67(101)102)25-17-19-27-69)73-55(89)34(3)77-59(93)38(7)82-65(99)51(28-43-30-71-48-23-14-12-20-45(43)48)86-63(97)42(11)80-60(94)39(8)83-66(100)52(29-44-31-72-49-24-15-13-21-46(44)49)85-62(96)41(10)79-57(91)36(5)75-54(88)33(2)76-58(92)37(6)81-64(98)47(70)22-16-18-26-68/h12-15,20-21,23-24,30-42,47,50-52,71-72H,16-19,22,25-29,68-70H2,1-11H3,(H,73,89)(H,74,87)(H,75,88)(H,76,92)(H,77,93)(H,78,90)(H,79,91)(H,80,94)(H,81,98)(H,82,99)(H,83,100)(H,84,95)(H,85,96)(H,86,97)(H,101,102)/t32-,33-,34-,35-,36-,37-,38-,39-,40-,41-,42-,47-,50-,51-,52-/m0/s1. The van der Waals surface area contributed by atoms with Crippen molar-refractivity contribution in [2.75, 3.05) is 13.1 Å². The Morgan fingerprint density at radius 3 is 0.833 bits per heavy atom. The number of nitrogens with one attached hydrogen (secondary N) is 16. The number of carbonyl (C=O) groups excluding carboxylic acids is 14. The number of H-pyrrole nitrogens is 2. The van der Waals surface area contributed by atoms with Crippen LogP contribution in [0.25, 0.3) is 21.8 Å². The predicted octanol–water partition coefficient (Wildman–Crippen LogP) is -3.89. The summed E-state index contributed by atoms with van der Waals surface area (Å²) >= 11 is 0. The molecule has 102 heavy (non-hydrogen) atoms. The number of rotatable bonds is 41. The highest BCUT2D eigenvalue weighted by Gasteiger charge is 2.34. The Bertz CT molecular complexity index is 3640. The third-order valence-corrected chi connectivity index (χ3v) is 16.6. The van der Waals surface area contributed by atoms with E-state index in [1.807, 2.05) is 0 Å². The Kier molecular flexibility index (Phi) is 33.4. The molecule has 15 atom stereocenters. The quantitative estimate of drug-likeness (QED) is 0.0189. The zero-order valence-corrected chi connectivity index (χ0v) is 59.3. The van der Waals surface area contributed by atoms with Crippen LogP contribution in [-0.4, -0.2) is 207 Å². The number of carboxylic acid groups (broad SMARTS) is 1. The van der Waals surface area contributed by atoms with Gasteiger partial charge < -0.3 is 107 Å². The first-order valence-electron chi connectivity index (χ1n) is 33.8. The number of aromatic amines is 2. The summed E-state index contributed by atoms with van der Waals surface area (Å²) < 4.78 is 0. The van der Waals surface area contributed by atoms with Crippen molar-refractivity contribution in [3.63, 3.8) is 0 Å². The predicted molar refractivity (Wildman–Crippen MR) is 375 cm³/mol. The molecule has 35 heteroatoms. The van der Waals surface area contributed by atoms with Crippen molar-refractivity contribution in [1.29, 1.82) is 0 Å². The van der Waals surface area contributed by atoms with Crippen LogP contribution in [0.2, 0.25) is 0 Å². The molecule has 2 aromatic heterocycles. The number of unbranched alkanes of at least 4 members (excludes halogenated alkanes) is 2. The summed E-state index contributed by atoms with van der Waals surface area (Å²) in [6, 6.07) is -4.48. The summed E-state index contributed by atoms with van der Waals surface area (Å²) in [5.41, 5.74) is 19.5. The van der Waals surface area contributed by atoms with Gasteiger partial charge in [0.2, 0.25) is 82.7 Å². The second kappa shape index (κ2) is 40.6. The van der Waals surface area contributed by atoms with Crippen LogP contribution in [-0.2, 0) is 84.8 Å². The van der Waals surface area contributed by atoms with Gasteiger partial charge in [0.15, 0.2) is 0 Å². The minimum Gasteiger partial charge on any atom is -0.480 e. The Hall–Kier alpha value is -10.5. The Balaban J connectivity index is 1.36. The highest BCUT2D eigenvalue weighted by Crippen LogP contribution is 2.21. The van der Waals surface area contributed by atoms with Crippen molar-refractivity contribution in [3.05, 3.63) is 72.1 Å². The minimum absolute atomic E-state index is 0.118. The molecule has 0 saturated carbocycles. The van der Waals surface area contributed by atoms with E-state index in [1.165, 1.54) is 76.2 Å². The number of aliphatic carboxylic acids is 1. The molecule has 0 aliphatic heterocycles. The van der Waals surface area contributed by atoms with Gasteiger partial charge in [-0.1, -0.05) is 42.8 Å². The van der Waals surface area contributed by atoms with Crippen LogP contribution in [0.15, 0.2) is 60.9 Å². The number of carboxylic acids is 1. The molecule has 0 radical (unpaired) electrons. The van der Waals surface area contributed by atoms with E-state index in [0.717, 1.165) is 0 Å². The third-order valence-electron chi connectivity index (χ3n) is 16.6. The maximum Gasteiger partial charge on any atom is 0.326 e. The zero-order chi connectivity index (χ0) is 76.2. The van der Waals surface area contributed by atoms with Crippen LogP contribution in [0.3, 0.4) is 0 Å². The molecule has 35 nitrogen and oxygen atoms in total. The summed E-state index contributed by atoms with van der Waals surface area (Å²) in [5, 5.41) is 45.9. The molecule has 0 fully saturated rings. The summed E-state index contributed by atoms with van der Waals surface area (Å²) in [7, 11) is 0. The van der Waals surface area contributed by atoms with Crippen LogP contribution in [0, 0.1) is 0 Å². The zero-order valence-electron chi connectivity index (χ0n) is 59.3. The van der Waals surface area contributed by atoms with Crippen molar-refractivity contribution >= 4 is 110 Å². The Morgan fingerprint density at radius 2 is 0.559 bits per heavy atom. The lowest BCUT2D eigenvalue weighted by Gasteiger charge is -2.25. The summed E-state index contributed by atoms with van der Waals surface area (Å²) in [5.74, 6) is -12.5. The van der Waals surface area contributed by atoms with E-state index >= 15 is 0 Å².